The SMILES string of the molecule is COC[C@H]1O[C@@H](C)[C@@H](C)C1OC. The monoisotopic (exact) mass is 174 g/mol. The van der Waals surface area contributed by atoms with Crippen LogP contribution in [0.2, 0.25) is 0 Å². The van der Waals surface area contributed by atoms with Crippen LogP contribution >= 0.6 is 0 Å². The highest BCUT2D eigenvalue weighted by molar-refractivity contribution is 4.86. The van der Waals surface area contributed by atoms with Crippen molar-refractivity contribution in [2.24, 2.45) is 5.92 Å². The van der Waals surface area contributed by atoms with Crippen molar-refractivity contribution in [2.45, 2.75) is 32.2 Å². The highest BCUT2D eigenvalue weighted by atomic mass is 16.6. The Balaban J connectivity index is 2.52. The second-order valence-corrected chi connectivity index (χ2v) is 3.39. The summed E-state index contributed by atoms with van der Waals surface area (Å²) in [4.78, 5) is 0. The molecule has 0 N–H and O–H groups in total. The zero-order chi connectivity index (χ0) is 9.14. The Morgan fingerprint density at radius 1 is 1.25 bits per heavy atom. The predicted octanol–water partition coefficient (Wildman–Crippen LogP) is 1.07. The number of hydrogen-bond donors (Lipinski definition) is 0. The third-order valence-corrected chi connectivity index (χ3v) is 2.62. The molecule has 0 aliphatic carbocycles. The molecule has 1 heterocycles. The van der Waals surface area contributed by atoms with Gasteiger partial charge in [-0.3, -0.25) is 0 Å². The molecule has 0 spiro atoms. The maximum atomic E-state index is 5.67. The zero-order valence-corrected chi connectivity index (χ0v) is 8.24. The molecule has 1 saturated heterocycles. The predicted molar refractivity (Wildman–Crippen MR) is 46.2 cm³/mol. The van der Waals surface area contributed by atoms with Gasteiger partial charge in [0.05, 0.1) is 18.8 Å². The van der Waals surface area contributed by atoms with Crippen molar-refractivity contribution in [3.05, 3.63) is 0 Å². The molecule has 12 heavy (non-hydrogen) atoms. The molecule has 4 atom stereocenters. The first-order valence-corrected chi connectivity index (χ1v) is 4.38. The summed E-state index contributed by atoms with van der Waals surface area (Å²) in [6.07, 6.45) is 0.556. The maximum absolute atomic E-state index is 5.67. The van der Waals surface area contributed by atoms with E-state index in [9.17, 15) is 0 Å². The molecular formula is C9H18O3. The lowest BCUT2D eigenvalue weighted by atomic mass is 9.99. The Bertz CT molecular complexity index is 138. The van der Waals surface area contributed by atoms with E-state index in [1.54, 1.807) is 14.2 Å². The van der Waals surface area contributed by atoms with E-state index in [4.69, 9.17) is 14.2 Å². The Kier molecular flexibility index (Phi) is 3.50. The Hall–Kier alpha value is -0.120. The lowest BCUT2D eigenvalue weighted by molar-refractivity contribution is -0.0411. The summed E-state index contributed by atoms with van der Waals surface area (Å²) in [6, 6.07) is 0. The van der Waals surface area contributed by atoms with Gasteiger partial charge < -0.3 is 14.2 Å². The fourth-order valence-corrected chi connectivity index (χ4v) is 1.75. The van der Waals surface area contributed by atoms with Gasteiger partial charge in [-0.15, -0.1) is 0 Å². The van der Waals surface area contributed by atoms with Crippen LogP contribution in [0.3, 0.4) is 0 Å². The van der Waals surface area contributed by atoms with Gasteiger partial charge in [0.2, 0.25) is 0 Å². The fourth-order valence-electron chi connectivity index (χ4n) is 1.75. The number of methoxy groups -OCH3 is 2. The topological polar surface area (TPSA) is 27.7 Å². The molecule has 3 nitrogen and oxygen atoms in total. The molecule has 0 bridgehead atoms. The molecule has 1 unspecified atom stereocenters. The van der Waals surface area contributed by atoms with Crippen LogP contribution in [0.1, 0.15) is 13.8 Å². The smallest absolute Gasteiger partial charge is 0.108 e. The molecule has 0 radical (unpaired) electrons. The van der Waals surface area contributed by atoms with Crippen molar-refractivity contribution in [3.63, 3.8) is 0 Å². The second kappa shape index (κ2) is 4.21. The number of rotatable bonds is 3. The van der Waals surface area contributed by atoms with Gasteiger partial charge in [0, 0.05) is 20.1 Å². The van der Waals surface area contributed by atoms with Gasteiger partial charge in [0.15, 0.2) is 0 Å². The molecule has 0 aromatic heterocycles. The molecule has 1 aliphatic heterocycles. The van der Waals surface area contributed by atoms with Gasteiger partial charge in [0.25, 0.3) is 0 Å². The van der Waals surface area contributed by atoms with Crippen LogP contribution in [0.4, 0.5) is 0 Å². The van der Waals surface area contributed by atoms with E-state index in [0.717, 1.165) is 0 Å². The molecule has 1 aliphatic rings. The van der Waals surface area contributed by atoms with Gasteiger partial charge >= 0.3 is 0 Å². The first-order chi connectivity index (χ1) is 5.70. The van der Waals surface area contributed by atoms with Gasteiger partial charge in [-0.2, -0.15) is 0 Å². The van der Waals surface area contributed by atoms with Crippen LogP contribution in [-0.2, 0) is 14.2 Å². The van der Waals surface area contributed by atoms with Gasteiger partial charge in [0.1, 0.15) is 6.10 Å². The van der Waals surface area contributed by atoms with Crippen LogP contribution in [0, 0.1) is 5.92 Å². The van der Waals surface area contributed by atoms with E-state index in [1.807, 2.05) is 0 Å². The van der Waals surface area contributed by atoms with E-state index >= 15 is 0 Å². The van der Waals surface area contributed by atoms with E-state index in [-0.39, 0.29) is 18.3 Å². The Morgan fingerprint density at radius 2 is 1.92 bits per heavy atom. The highest BCUT2D eigenvalue weighted by Crippen LogP contribution is 2.28. The maximum Gasteiger partial charge on any atom is 0.108 e. The standard InChI is InChI=1S/C9H18O3/c1-6-7(2)12-8(5-10-3)9(6)11-4/h6-9H,5H2,1-4H3/t6-,7+,8-,9?/m1/s1. The molecule has 0 aromatic rings. The molecule has 0 saturated carbocycles. The van der Waals surface area contributed by atoms with Crippen molar-refractivity contribution >= 4 is 0 Å². The summed E-state index contributed by atoms with van der Waals surface area (Å²) in [5.41, 5.74) is 0. The van der Waals surface area contributed by atoms with Crippen molar-refractivity contribution in [1.82, 2.24) is 0 Å². The van der Waals surface area contributed by atoms with Crippen LogP contribution in [0.15, 0.2) is 0 Å². The largest absolute Gasteiger partial charge is 0.382 e. The summed E-state index contributed by atoms with van der Waals surface area (Å²) in [6.45, 7) is 4.84. The molecule has 0 amide bonds. The third-order valence-electron chi connectivity index (χ3n) is 2.62. The van der Waals surface area contributed by atoms with Crippen molar-refractivity contribution in [1.29, 1.82) is 0 Å². The molecule has 1 rings (SSSR count). The van der Waals surface area contributed by atoms with Crippen LogP contribution in [0.25, 0.3) is 0 Å². The third kappa shape index (κ3) is 1.79. The first kappa shape index (κ1) is 9.96. The van der Waals surface area contributed by atoms with Crippen molar-refractivity contribution in [2.75, 3.05) is 20.8 Å². The minimum Gasteiger partial charge on any atom is -0.382 e. The Labute approximate surface area is 74.0 Å². The van der Waals surface area contributed by atoms with E-state index < -0.39 is 0 Å². The van der Waals surface area contributed by atoms with E-state index in [1.165, 1.54) is 0 Å². The molecule has 3 heteroatoms. The normalized spacial score (nSPS) is 42.0. The molecule has 72 valence electrons. The van der Waals surface area contributed by atoms with Gasteiger partial charge in [-0.25, -0.2) is 0 Å². The fraction of sp³-hybridized carbons (Fsp3) is 1.00. The second-order valence-electron chi connectivity index (χ2n) is 3.39. The Morgan fingerprint density at radius 3 is 2.42 bits per heavy atom. The van der Waals surface area contributed by atoms with E-state index in [2.05, 4.69) is 13.8 Å². The van der Waals surface area contributed by atoms with Gasteiger partial charge in [-0.1, -0.05) is 6.92 Å². The molecule has 1 fully saturated rings. The number of ether oxygens (including phenoxy) is 3. The minimum absolute atomic E-state index is 0.102. The average molecular weight is 174 g/mol. The average Bonchev–Trinajstić information content (AvgIpc) is 2.29. The van der Waals surface area contributed by atoms with Gasteiger partial charge in [-0.05, 0) is 6.92 Å². The van der Waals surface area contributed by atoms with E-state index in [0.29, 0.717) is 12.5 Å². The molecule has 0 aromatic carbocycles. The summed E-state index contributed by atoms with van der Waals surface area (Å²) in [7, 11) is 3.41. The van der Waals surface area contributed by atoms with Crippen LogP contribution in [0.5, 0.6) is 0 Å². The highest BCUT2D eigenvalue weighted by Gasteiger charge is 2.39. The quantitative estimate of drug-likeness (QED) is 0.640. The summed E-state index contributed by atoms with van der Waals surface area (Å²) in [5.74, 6) is 0.454. The zero-order valence-electron chi connectivity index (χ0n) is 8.24. The summed E-state index contributed by atoms with van der Waals surface area (Å²) < 4.78 is 16.1. The van der Waals surface area contributed by atoms with Crippen molar-refractivity contribution < 1.29 is 14.2 Å². The number of hydrogen-bond acceptors (Lipinski definition) is 3. The van der Waals surface area contributed by atoms with Crippen molar-refractivity contribution in [3.8, 4) is 0 Å². The minimum atomic E-state index is 0.102. The lowest BCUT2D eigenvalue weighted by Crippen LogP contribution is -2.31. The summed E-state index contributed by atoms with van der Waals surface area (Å²) >= 11 is 0. The van der Waals surface area contributed by atoms with Crippen LogP contribution in [-0.4, -0.2) is 39.1 Å². The summed E-state index contributed by atoms with van der Waals surface area (Å²) in [5, 5.41) is 0. The first-order valence-electron chi connectivity index (χ1n) is 4.38. The van der Waals surface area contributed by atoms with Crippen LogP contribution < -0.4 is 0 Å². The lowest BCUT2D eigenvalue weighted by Gasteiger charge is -2.18. The molecular weight excluding hydrogens is 156 g/mol.